The summed E-state index contributed by atoms with van der Waals surface area (Å²) < 4.78 is 5.63. The fourth-order valence-corrected chi connectivity index (χ4v) is 4.48. The first-order chi connectivity index (χ1) is 16.0. The van der Waals surface area contributed by atoms with Gasteiger partial charge in [-0.05, 0) is 38.1 Å². The van der Waals surface area contributed by atoms with Crippen LogP contribution in [0, 0.1) is 13.8 Å². The van der Waals surface area contributed by atoms with E-state index in [2.05, 4.69) is 44.2 Å². The number of hydrogen-bond acceptors (Lipinski definition) is 4. The zero-order valence-electron chi connectivity index (χ0n) is 19.8. The zero-order valence-corrected chi connectivity index (χ0v) is 19.8. The molecule has 1 aliphatic rings. The Morgan fingerprint density at radius 2 is 1.79 bits per heavy atom. The van der Waals surface area contributed by atoms with Crippen molar-refractivity contribution in [2.24, 2.45) is 5.10 Å². The second-order valence-electron chi connectivity index (χ2n) is 8.72. The highest BCUT2D eigenvalue weighted by Crippen LogP contribution is 2.38. The number of hydrogen-bond donors (Lipinski definition) is 0. The highest BCUT2D eigenvalue weighted by molar-refractivity contribution is 6.04. The van der Waals surface area contributed by atoms with E-state index in [4.69, 9.17) is 9.84 Å². The summed E-state index contributed by atoms with van der Waals surface area (Å²) in [6.07, 6.45) is 0.651. The van der Waals surface area contributed by atoms with Crippen molar-refractivity contribution in [2.45, 2.75) is 32.9 Å². The van der Waals surface area contributed by atoms with Gasteiger partial charge in [0, 0.05) is 24.1 Å². The minimum atomic E-state index is -0.200. The minimum Gasteiger partial charge on any atom is -0.496 e. The van der Waals surface area contributed by atoms with Crippen LogP contribution in [-0.4, -0.2) is 42.2 Å². The molecule has 33 heavy (non-hydrogen) atoms. The van der Waals surface area contributed by atoms with Gasteiger partial charge in [0.05, 0.1) is 25.4 Å². The summed E-state index contributed by atoms with van der Waals surface area (Å²) in [6, 6.07) is 24.2. The maximum atomic E-state index is 13.5. The number of ether oxygens (including phenoxy) is 1. The topological polar surface area (TPSA) is 45.1 Å². The third-order valence-electron chi connectivity index (χ3n) is 6.06. The Balaban J connectivity index is 1.62. The molecule has 0 radical (unpaired) electrons. The SMILES string of the molecule is COc1ccccc1[C@H]1CC(c2ccc(C)cc2C)=NN1C(=O)CN(C)Cc1ccccc1. The number of aryl methyl sites for hydroxylation is 2. The molecule has 5 heteroatoms. The Hall–Kier alpha value is -3.44. The molecule has 0 unspecified atom stereocenters. The van der Waals surface area contributed by atoms with Gasteiger partial charge in [0.1, 0.15) is 5.75 Å². The van der Waals surface area contributed by atoms with Crippen LogP contribution in [0.4, 0.5) is 0 Å². The van der Waals surface area contributed by atoms with E-state index < -0.39 is 0 Å². The molecule has 3 aromatic rings. The molecule has 170 valence electrons. The molecule has 0 saturated carbocycles. The van der Waals surface area contributed by atoms with Crippen LogP contribution in [0.15, 0.2) is 77.9 Å². The molecule has 1 aliphatic heterocycles. The monoisotopic (exact) mass is 441 g/mol. The largest absolute Gasteiger partial charge is 0.496 e. The maximum absolute atomic E-state index is 13.5. The Kier molecular flexibility index (Phi) is 6.90. The molecule has 1 atom stereocenters. The lowest BCUT2D eigenvalue weighted by Gasteiger charge is -2.25. The first-order valence-corrected chi connectivity index (χ1v) is 11.3. The van der Waals surface area contributed by atoms with Crippen LogP contribution in [0.2, 0.25) is 0 Å². The second-order valence-corrected chi connectivity index (χ2v) is 8.72. The average molecular weight is 442 g/mol. The summed E-state index contributed by atoms with van der Waals surface area (Å²) in [5.74, 6) is 0.749. The number of carbonyl (C=O) groups excluding carboxylic acids is 1. The maximum Gasteiger partial charge on any atom is 0.257 e. The number of rotatable bonds is 7. The van der Waals surface area contributed by atoms with Gasteiger partial charge in [-0.15, -0.1) is 0 Å². The van der Waals surface area contributed by atoms with Crippen LogP contribution in [0.1, 0.15) is 40.3 Å². The molecule has 0 fully saturated rings. The summed E-state index contributed by atoms with van der Waals surface area (Å²) in [4.78, 5) is 15.5. The van der Waals surface area contributed by atoms with Crippen molar-refractivity contribution in [3.8, 4) is 5.75 Å². The molecule has 1 amide bonds. The molecule has 1 heterocycles. The molecule has 0 bridgehead atoms. The van der Waals surface area contributed by atoms with Crippen molar-refractivity contribution in [1.29, 1.82) is 0 Å². The van der Waals surface area contributed by atoms with E-state index in [1.807, 2.05) is 54.4 Å². The number of amides is 1. The van der Waals surface area contributed by atoms with Crippen LogP contribution in [0.5, 0.6) is 5.75 Å². The number of likely N-dealkylation sites (N-methyl/N-ethyl adjacent to an activating group) is 1. The highest BCUT2D eigenvalue weighted by Gasteiger charge is 2.35. The fraction of sp³-hybridized carbons (Fsp3) is 0.286. The van der Waals surface area contributed by atoms with E-state index >= 15 is 0 Å². The van der Waals surface area contributed by atoms with E-state index in [0.717, 1.165) is 22.6 Å². The van der Waals surface area contributed by atoms with Gasteiger partial charge in [-0.1, -0.05) is 72.3 Å². The van der Waals surface area contributed by atoms with E-state index in [9.17, 15) is 4.79 Å². The molecule has 5 nitrogen and oxygen atoms in total. The molecule has 0 aromatic heterocycles. The van der Waals surface area contributed by atoms with Crippen molar-refractivity contribution >= 4 is 11.6 Å². The summed E-state index contributed by atoms with van der Waals surface area (Å²) in [6.45, 7) is 5.17. The molecule has 3 aromatic carbocycles. The minimum absolute atomic E-state index is 0.0240. The average Bonchev–Trinajstić information content (AvgIpc) is 3.24. The molecule has 0 saturated heterocycles. The van der Waals surface area contributed by atoms with E-state index in [1.165, 1.54) is 16.7 Å². The molecular formula is C28H31N3O2. The number of carbonyl (C=O) groups is 1. The lowest BCUT2D eigenvalue weighted by atomic mass is 9.95. The lowest BCUT2D eigenvalue weighted by molar-refractivity contribution is -0.134. The molecule has 0 spiro atoms. The van der Waals surface area contributed by atoms with E-state index in [-0.39, 0.29) is 18.5 Å². The Morgan fingerprint density at radius 3 is 2.52 bits per heavy atom. The quantitative estimate of drug-likeness (QED) is 0.511. The smallest absolute Gasteiger partial charge is 0.257 e. The van der Waals surface area contributed by atoms with Crippen molar-refractivity contribution < 1.29 is 9.53 Å². The Morgan fingerprint density at radius 1 is 1.06 bits per heavy atom. The molecule has 4 rings (SSSR count). The van der Waals surface area contributed by atoms with Crippen molar-refractivity contribution in [3.63, 3.8) is 0 Å². The van der Waals surface area contributed by atoms with E-state index in [0.29, 0.717) is 13.0 Å². The van der Waals surface area contributed by atoms with Gasteiger partial charge in [-0.25, -0.2) is 5.01 Å². The highest BCUT2D eigenvalue weighted by atomic mass is 16.5. The molecular weight excluding hydrogens is 410 g/mol. The van der Waals surface area contributed by atoms with Gasteiger partial charge in [0.2, 0.25) is 0 Å². The zero-order chi connectivity index (χ0) is 23.4. The van der Waals surface area contributed by atoms with Crippen LogP contribution in [0.25, 0.3) is 0 Å². The van der Waals surface area contributed by atoms with Gasteiger partial charge >= 0.3 is 0 Å². The summed E-state index contributed by atoms with van der Waals surface area (Å²) in [5.41, 5.74) is 6.56. The fourth-order valence-electron chi connectivity index (χ4n) is 4.48. The number of benzene rings is 3. The van der Waals surface area contributed by atoms with Crippen LogP contribution >= 0.6 is 0 Å². The Bertz CT molecular complexity index is 1160. The first-order valence-electron chi connectivity index (χ1n) is 11.3. The summed E-state index contributed by atoms with van der Waals surface area (Å²) in [5, 5.41) is 6.52. The van der Waals surface area contributed by atoms with Crippen molar-refractivity contribution in [3.05, 3.63) is 101 Å². The van der Waals surface area contributed by atoms with Crippen LogP contribution < -0.4 is 4.74 Å². The second kappa shape index (κ2) is 10.0. The third-order valence-corrected chi connectivity index (χ3v) is 6.06. The summed E-state index contributed by atoms with van der Waals surface area (Å²) in [7, 11) is 3.63. The van der Waals surface area contributed by atoms with E-state index in [1.54, 1.807) is 12.1 Å². The lowest BCUT2D eigenvalue weighted by Crippen LogP contribution is -2.36. The normalized spacial score (nSPS) is 15.6. The molecule has 0 N–H and O–H groups in total. The predicted octanol–water partition coefficient (Wildman–Crippen LogP) is 5.12. The van der Waals surface area contributed by atoms with Crippen molar-refractivity contribution in [2.75, 3.05) is 20.7 Å². The standard InChI is InChI=1S/C28H31N3O2/c1-20-14-15-23(21(2)16-20)25-17-26(24-12-8-9-13-27(24)33-4)31(29-25)28(32)19-30(3)18-22-10-6-5-7-11-22/h5-16,26H,17-19H2,1-4H3/t26-/m1/s1. The van der Waals surface area contributed by atoms with Crippen LogP contribution in [-0.2, 0) is 11.3 Å². The van der Waals surface area contributed by atoms with Gasteiger partial charge in [0.25, 0.3) is 5.91 Å². The predicted molar refractivity (Wildman–Crippen MR) is 132 cm³/mol. The Labute approximate surface area is 196 Å². The third kappa shape index (κ3) is 5.15. The van der Waals surface area contributed by atoms with Gasteiger partial charge in [-0.2, -0.15) is 5.10 Å². The number of methoxy groups -OCH3 is 1. The summed E-state index contributed by atoms with van der Waals surface area (Å²) >= 11 is 0. The van der Waals surface area contributed by atoms with Gasteiger partial charge in [-0.3, -0.25) is 9.69 Å². The van der Waals surface area contributed by atoms with Crippen molar-refractivity contribution in [1.82, 2.24) is 9.91 Å². The van der Waals surface area contributed by atoms with Crippen LogP contribution in [0.3, 0.4) is 0 Å². The first kappa shape index (κ1) is 22.7. The molecule has 0 aliphatic carbocycles. The number of para-hydroxylation sites is 1. The number of nitrogens with zero attached hydrogens (tertiary/aromatic N) is 3. The van der Waals surface area contributed by atoms with Gasteiger partial charge in [0.15, 0.2) is 0 Å². The van der Waals surface area contributed by atoms with Gasteiger partial charge < -0.3 is 4.74 Å². The number of hydrazone groups is 1.